The van der Waals surface area contributed by atoms with Gasteiger partial charge in [-0.25, -0.2) is 0 Å². The van der Waals surface area contributed by atoms with Gasteiger partial charge in [-0.05, 0) is 49.3 Å². The van der Waals surface area contributed by atoms with Crippen LogP contribution in [0.4, 0.5) is 0 Å². The van der Waals surface area contributed by atoms with Crippen LogP contribution in [0.3, 0.4) is 0 Å². The zero-order chi connectivity index (χ0) is 17.6. The molecule has 1 aliphatic heterocycles. The van der Waals surface area contributed by atoms with Crippen molar-refractivity contribution in [3.63, 3.8) is 0 Å². The zero-order valence-electron chi connectivity index (χ0n) is 15.9. The van der Waals surface area contributed by atoms with Crippen LogP contribution in [0, 0.1) is 12.8 Å². The van der Waals surface area contributed by atoms with E-state index in [9.17, 15) is 0 Å². The number of hydrogen-bond acceptors (Lipinski definition) is 3. The van der Waals surface area contributed by atoms with Gasteiger partial charge in [0.2, 0.25) is 0 Å². The summed E-state index contributed by atoms with van der Waals surface area (Å²) in [4.78, 5) is 11.2. The number of nitrogens with zero attached hydrogens (tertiary/aromatic N) is 5. The van der Waals surface area contributed by atoms with Crippen LogP contribution in [0.15, 0.2) is 35.7 Å². The van der Waals surface area contributed by atoms with Crippen molar-refractivity contribution in [1.29, 1.82) is 0 Å². The first-order chi connectivity index (χ1) is 12.1. The van der Waals surface area contributed by atoms with Crippen molar-refractivity contribution in [2.45, 2.75) is 26.2 Å². The molecule has 1 unspecified atom stereocenters. The van der Waals surface area contributed by atoms with Gasteiger partial charge in [-0.2, -0.15) is 5.10 Å². The van der Waals surface area contributed by atoms with Gasteiger partial charge in [-0.3, -0.25) is 14.7 Å². The molecule has 26 heavy (non-hydrogen) atoms. The minimum absolute atomic E-state index is 0. The third-order valence-electron chi connectivity index (χ3n) is 4.75. The van der Waals surface area contributed by atoms with Crippen molar-refractivity contribution in [3.05, 3.63) is 47.5 Å². The van der Waals surface area contributed by atoms with E-state index < -0.39 is 0 Å². The molecule has 0 spiro atoms. The van der Waals surface area contributed by atoms with E-state index in [-0.39, 0.29) is 24.0 Å². The van der Waals surface area contributed by atoms with Crippen LogP contribution in [0.5, 0.6) is 0 Å². The second kappa shape index (κ2) is 9.89. The Morgan fingerprint density at radius 1 is 1.31 bits per heavy atom. The van der Waals surface area contributed by atoms with Crippen LogP contribution in [0.1, 0.15) is 23.2 Å². The van der Waals surface area contributed by atoms with Crippen molar-refractivity contribution in [1.82, 2.24) is 25.0 Å². The molecule has 3 heterocycles. The predicted octanol–water partition coefficient (Wildman–Crippen LogP) is 2.42. The van der Waals surface area contributed by atoms with Gasteiger partial charge in [0.05, 0.1) is 6.20 Å². The molecule has 0 saturated carbocycles. The number of nitrogens with one attached hydrogen (secondary N) is 1. The molecule has 7 heteroatoms. The normalized spacial score (nSPS) is 17.3. The first-order valence-corrected chi connectivity index (χ1v) is 8.98. The van der Waals surface area contributed by atoms with E-state index in [1.54, 1.807) is 0 Å². The van der Waals surface area contributed by atoms with Gasteiger partial charge in [0.25, 0.3) is 0 Å². The summed E-state index contributed by atoms with van der Waals surface area (Å²) in [6.07, 6.45) is 9.31. The Bertz CT molecular complexity index is 709. The smallest absolute Gasteiger partial charge is 0.193 e. The van der Waals surface area contributed by atoms with Crippen molar-refractivity contribution in [2.75, 3.05) is 26.7 Å². The number of halogens is 1. The fraction of sp³-hybridized carbons (Fsp3) is 0.526. The lowest BCUT2D eigenvalue weighted by molar-refractivity contribution is 0.460. The third-order valence-corrected chi connectivity index (χ3v) is 4.75. The summed E-state index contributed by atoms with van der Waals surface area (Å²) in [7, 11) is 3.84. The number of aliphatic imine (C=N–C) groups is 1. The van der Waals surface area contributed by atoms with Crippen LogP contribution in [0.25, 0.3) is 0 Å². The van der Waals surface area contributed by atoms with Crippen molar-refractivity contribution < 1.29 is 0 Å². The van der Waals surface area contributed by atoms with Gasteiger partial charge in [0, 0.05) is 51.8 Å². The molecule has 1 atom stereocenters. The van der Waals surface area contributed by atoms with E-state index in [2.05, 4.69) is 43.6 Å². The van der Waals surface area contributed by atoms with Gasteiger partial charge in [-0.15, -0.1) is 24.0 Å². The molecule has 0 amide bonds. The molecule has 6 nitrogen and oxygen atoms in total. The maximum absolute atomic E-state index is 4.46. The van der Waals surface area contributed by atoms with Crippen molar-refractivity contribution in [3.8, 4) is 0 Å². The highest BCUT2D eigenvalue weighted by molar-refractivity contribution is 14.0. The molecule has 0 aromatic carbocycles. The lowest BCUT2D eigenvalue weighted by atomic mass is 10.0. The van der Waals surface area contributed by atoms with Crippen LogP contribution in [0.2, 0.25) is 0 Å². The Morgan fingerprint density at radius 3 is 2.81 bits per heavy atom. The Labute approximate surface area is 173 Å². The highest BCUT2D eigenvalue weighted by Crippen LogP contribution is 2.20. The largest absolute Gasteiger partial charge is 0.356 e. The predicted molar refractivity (Wildman–Crippen MR) is 116 cm³/mol. The van der Waals surface area contributed by atoms with Gasteiger partial charge >= 0.3 is 0 Å². The van der Waals surface area contributed by atoms with E-state index in [1.807, 2.05) is 38.1 Å². The molecular weight excluding hydrogens is 439 g/mol. The molecule has 0 aliphatic carbocycles. The average molecular weight is 468 g/mol. The number of aryl methyl sites for hydroxylation is 2. The monoisotopic (exact) mass is 468 g/mol. The van der Waals surface area contributed by atoms with Gasteiger partial charge in [0.1, 0.15) is 0 Å². The minimum Gasteiger partial charge on any atom is -0.356 e. The van der Waals surface area contributed by atoms with Crippen molar-refractivity contribution >= 4 is 29.9 Å². The van der Waals surface area contributed by atoms with Crippen LogP contribution in [-0.4, -0.2) is 52.3 Å². The summed E-state index contributed by atoms with van der Waals surface area (Å²) in [5, 5.41) is 7.76. The molecule has 142 valence electrons. The fourth-order valence-electron chi connectivity index (χ4n) is 3.40. The fourth-order valence-corrected chi connectivity index (χ4v) is 3.40. The number of rotatable bonds is 5. The molecule has 3 rings (SSSR count). The highest BCUT2D eigenvalue weighted by atomic mass is 127. The number of guanidine groups is 1. The molecule has 2 aromatic heterocycles. The van der Waals surface area contributed by atoms with Crippen molar-refractivity contribution in [2.24, 2.45) is 18.0 Å². The number of hydrogen-bond donors (Lipinski definition) is 1. The second-order valence-corrected chi connectivity index (χ2v) is 6.86. The summed E-state index contributed by atoms with van der Waals surface area (Å²) in [5.41, 5.74) is 3.64. The first-order valence-electron chi connectivity index (χ1n) is 8.98. The Balaban J connectivity index is 0.00000243. The number of pyridine rings is 1. The molecule has 1 saturated heterocycles. The van der Waals surface area contributed by atoms with Gasteiger partial charge < -0.3 is 10.2 Å². The number of aromatic nitrogens is 3. The molecular formula is C19H29IN6. The summed E-state index contributed by atoms with van der Waals surface area (Å²) in [5.74, 6) is 1.68. The summed E-state index contributed by atoms with van der Waals surface area (Å²) < 4.78 is 1.88. The molecule has 1 fully saturated rings. The van der Waals surface area contributed by atoms with E-state index in [0.717, 1.165) is 44.1 Å². The maximum atomic E-state index is 4.46. The second-order valence-electron chi connectivity index (χ2n) is 6.86. The quantitative estimate of drug-likeness (QED) is 0.416. The average Bonchev–Trinajstić information content (AvgIpc) is 3.23. The summed E-state index contributed by atoms with van der Waals surface area (Å²) >= 11 is 0. The highest BCUT2D eigenvalue weighted by Gasteiger charge is 2.25. The topological polar surface area (TPSA) is 58.3 Å². The molecule has 0 radical (unpaired) electrons. The van der Waals surface area contributed by atoms with E-state index in [4.69, 9.17) is 0 Å². The van der Waals surface area contributed by atoms with E-state index in [0.29, 0.717) is 5.92 Å². The SMILES string of the molecule is CN=C(NCCc1ccc(C)nc1)N1CCC(Cc2cnn(C)c2)C1.I. The lowest BCUT2D eigenvalue weighted by Gasteiger charge is -2.21. The van der Waals surface area contributed by atoms with Crippen LogP contribution in [-0.2, 0) is 19.9 Å². The van der Waals surface area contributed by atoms with E-state index in [1.165, 1.54) is 17.5 Å². The van der Waals surface area contributed by atoms with Crippen LogP contribution >= 0.6 is 24.0 Å². The standard InChI is InChI=1S/C19H28N6.HI/c1-15-4-5-16(11-22-15)6-8-21-19(20-2)25-9-7-17(14-25)10-18-12-23-24(3)13-18;/h4-5,11-13,17H,6-10,14H2,1-3H3,(H,20,21);1H. The summed E-state index contributed by atoms with van der Waals surface area (Å²) in [6, 6.07) is 4.21. The van der Waals surface area contributed by atoms with Gasteiger partial charge in [-0.1, -0.05) is 6.07 Å². The summed E-state index contributed by atoms with van der Waals surface area (Å²) in [6.45, 7) is 5.01. The first kappa shape index (κ1) is 20.7. The molecule has 2 aromatic rings. The van der Waals surface area contributed by atoms with Gasteiger partial charge in [0.15, 0.2) is 5.96 Å². The zero-order valence-corrected chi connectivity index (χ0v) is 18.2. The third kappa shape index (κ3) is 5.69. The number of likely N-dealkylation sites (tertiary alicyclic amines) is 1. The molecule has 0 bridgehead atoms. The van der Waals surface area contributed by atoms with Crippen LogP contribution < -0.4 is 5.32 Å². The minimum atomic E-state index is 0. The maximum Gasteiger partial charge on any atom is 0.193 e. The Hall–Kier alpha value is -1.64. The molecule has 1 aliphatic rings. The molecule has 1 N–H and O–H groups in total. The lowest BCUT2D eigenvalue weighted by Crippen LogP contribution is -2.41. The Kier molecular flexibility index (Phi) is 7.86. The Morgan fingerprint density at radius 2 is 2.15 bits per heavy atom. The van der Waals surface area contributed by atoms with E-state index >= 15 is 0 Å².